The lowest BCUT2D eigenvalue weighted by Crippen LogP contribution is -2.61. The molecule has 0 spiro atoms. The molecule has 1 aromatic heterocycles. The van der Waals surface area contributed by atoms with Gasteiger partial charge in [0, 0.05) is 31.5 Å². The molecule has 26 N–H and O–H groups in total. The van der Waals surface area contributed by atoms with Crippen LogP contribution in [0.15, 0.2) is 29.3 Å². The van der Waals surface area contributed by atoms with Crippen molar-refractivity contribution in [3.8, 4) is 0 Å². The first-order valence-electron chi connectivity index (χ1n) is 25.1. The SMILES string of the molecule is NCCCC[C@H](NC(=O)[C@H](CCc1cnc[nH]1)NC(=O)[C@@H]1CCCN1C(=O)[C@@H](CCCN)NC(=O)CNC(=O)[C@H](CCN)NC(=O)[C@@H](NC(=O)[C@@H](N)CCCCN)[C@@H](O)CN)C(=O)N/C(=C\CCN=C(N)N)C(=O)O. The van der Waals surface area contributed by atoms with Crippen molar-refractivity contribution in [1.82, 2.24) is 52.1 Å². The Morgan fingerprint density at radius 1 is 0.747 bits per heavy atom. The Bertz CT molecular complexity index is 2060. The van der Waals surface area contributed by atoms with Gasteiger partial charge in [-0.25, -0.2) is 9.78 Å². The number of H-pyrrole nitrogens is 1. The van der Waals surface area contributed by atoms with Gasteiger partial charge in [-0.1, -0.05) is 12.5 Å². The molecule has 1 aliphatic rings. The van der Waals surface area contributed by atoms with Gasteiger partial charge in [-0.3, -0.25) is 43.3 Å². The van der Waals surface area contributed by atoms with Crippen LogP contribution in [0.1, 0.15) is 89.2 Å². The third-order valence-electron chi connectivity index (χ3n) is 11.9. The Labute approximate surface area is 435 Å². The van der Waals surface area contributed by atoms with E-state index in [1.165, 1.54) is 23.5 Å². The fourth-order valence-corrected chi connectivity index (χ4v) is 7.79. The van der Waals surface area contributed by atoms with Crippen molar-refractivity contribution in [2.75, 3.05) is 52.4 Å². The van der Waals surface area contributed by atoms with Gasteiger partial charge in [-0.05, 0) is 110 Å². The highest BCUT2D eigenvalue weighted by Crippen LogP contribution is 2.21. The molecule has 0 aliphatic carbocycles. The van der Waals surface area contributed by atoms with Gasteiger partial charge < -0.3 is 103 Å². The number of imidazole rings is 1. The minimum absolute atomic E-state index is 0.00314. The summed E-state index contributed by atoms with van der Waals surface area (Å²) in [5.74, 6) is -8.03. The minimum atomic E-state index is -1.60. The van der Waals surface area contributed by atoms with E-state index in [0.29, 0.717) is 44.3 Å². The van der Waals surface area contributed by atoms with Crippen molar-refractivity contribution < 1.29 is 53.4 Å². The molecular weight excluding hydrogens is 983 g/mol. The van der Waals surface area contributed by atoms with Crippen LogP contribution in [0, 0.1) is 0 Å². The van der Waals surface area contributed by atoms with Crippen molar-refractivity contribution >= 4 is 59.2 Å². The smallest absolute Gasteiger partial charge is 0.352 e. The van der Waals surface area contributed by atoms with Gasteiger partial charge in [0.05, 0.1) is 25.0 Å². The van der Waals surface area contributed by atoms with Gasteiger partial charge in [0.2, 0.25) is 47.3 Å². The second-order valence-electron chi connectivity index (χ2n) is 17.8. The number of carboxylic acid groups (broad SMARTS) is 1. The number of hydrogen-bond acceptors (Lipinski definition) is 18. The van der Waals surface area contributed by atoms with E-state index in [2.05, 4.69) is 52.2 Å². The Kier molecular flexibility index (Phi) is 30.3. The fraction of sp³-hybridized carbons (Fsp3) is 0.667. The number of aliphatic imine (C=N–C) groups is 1. The molecule has 30 heteroatoms. The third-order valence-corrected chi connectivity index (χ3v) is 11.9. The number of carboxylic acids is 1. The van der Waals surface area contributed by atoms with Gasteiger partial charge in [-0.2, -0.15) is 0 Å². The largest absolute Gasteiger partial charge is 0.477 e. The molecular formula is C45H81N19O11. The highest BCUT2D eigenvalue weighted by Gasteiger charge is 2.40. The number of hydrogen-bond donors (Lipinski definition) is 18. The molecule has 1 aromatic rings. The summed E-state index contributed by atoms with van der Waals surface area (Å²) in [6.45, 7) is -0.278. The van der Waals surface area contributed by atoms with Gasteiger partial charge >= 0.3 is 5.97 Å². The highest BCUT2D eigenvalue weighted by molar-refractivity contribution is 5.99. The van der Waals surface area contributed by atoms with E-state index in [0.717, 1.165) is 0 Å². The van der Waals surface area contributed by atoms with Crippen LogP contribution in [0.3, 0.4) is 0 Å². The lowest BCUT2D eigenvalue weighted by atomic mass is 10.0. The lowest BCUT2D eigenvalue weighted by molar-refractivity contribution is -0.142. The summed E-state index contributed by atoms with van der Waals surface area (Å²) in [7, 11) is 0. The van der Waals surface area contributed by atoms with E-state index >= 15 is 0 Å². The molecule has 1 aliphatic heterocycles. The van der Waals surface area contributed by atoms with Gasteiger partial charge in [0.15, 0.2) is 5.96 Å². The Balaban J connectivity index is 2.25. The molecule has 30 nitrogen and oxygen atoms in total. The Morgan fingerprint density at radius 2 is 1.39 bits per heavy atom. The average Bonchev–Trinajstić information content (AvgIpc) is 4.10. The normalized spacial score (nSPS) is 16.2. The van der Waals surface area contributed by atoms with Crippen LogP contribution in [-0.4, -0.2) is 185 Å². The monoisotopic (exact) mass is 1060 g/mol. The van der Waals surface area contributed by atoms with E-state index in [1.54, 1.807) is 0 Å². The standard InChI is InChI=1S/C45H81N19O11/c46-16-3-1-8-27(51)37(67)63-36(34(65)22-50)42(72)61-30(15-19-49)38(68)56-24-35(66)58-31(10-5-18-48)43(73)64-21-7-12-33(64)41(71)60-29(14-13-26-23-54-25-57-26)40(70)59-28(9-2-4-17-47)39(69)62-32(44(74)75)11-6-20-55-45(52)53/h11,23,25,27-31,33-34,36,65H,1-10,12-22,24,46-51H2,(H,54,57)(H,56,68)(H,58,66)(H,59,70)(H,60,71)(H,61,72)(H,62,69)(H,63,67)(H,74,75)(H4,52,53,55)/b32-11-/t27-,28-,29-,30-,31+,33-,34-,36-/m0/s1. The summed E-state index contributed by atoms with van der Waals surface area (Å²) in [6.07, 6.45) is 5.92. The van der Waals surface area contributed by atoms with E-state index in [4.69, 9.17) is 45.9 Å². The van der Waals surface area contributed by atoms with Crippen molar-refractivity contribution in [2.24, 2.45) is 50.9 Å². The number of rotatable bonds is 37. The van der Waals surface area contributed by atoms with Gasteiger partial charge in [0.25, 0.3) is 0 Å². The number of carbonyl (C=O) groups is 9. The zero-order valence-corrected chi connectivity index (χ0v) is 42.4. The first-order chi connectivity index (χ1) is 35.8. The first kappa shape index (κ1) is 64.3. The number of likely N-dealkylation sites (tertiary alicyclic amines) is 1. The number of carbonyl (C=O) groups excluding carboxylic acids is 8. The van der Waals surface area contributed by atoms with Gasteiger partial charge in [0.1, 0.15) is 41.9 Å². The maximum atomic E-state index is 14.2. The topological polar surface area (TPSA) is 531 Å². The minimum Gasteiger partial charge on any atom is -0.477 e. The quantitative estimate of drug-likeness (QED) is 0.0127. The molecule has 1 fully saturated rings. The second-order valence-corrected chi connectivity index (χ2v) is 17.8. The maximum absolute atomic E-state index is 14.2. The Morgan fingerprint density at radius 3 is 2.00 bits per heavy atom. The van der Waals surface area contributed by atoms with E-state index in [9.17, 15) is 53.4 Å². The maximum Gasteiger partial charge on any atom is 0.352 e. The molecule has 2 heterocycles. The number of nitrogens with one attached hydrogen (secondary N) is 8. The fourth-order valence-electron chi connectivity index (χ4n) is 7.79. The number of aliphatic carboxylic acids is 1. The summed E-state index contributed by atoms with van der Waals surface area (Å²) < 4.78 is 0. The second kappa shape index (κ2) is 35.4. The molecule has 0 saturated carbocycles. The molecule has 0 radical (unpaired) electrons. The molecule has 0 aromatic carbocycles. The van der Waals surface area contributed by atoms with Crippen molar-refractivity contribution in [2.45, 2.75) is 138 Å². The number of aromatic nitrogens is 2. The van der Waals surface area contributed by atoms with E-state index in [-0.39, 0.29) is 96.5 Å². The summed E-state index contributed by atoms with van der Waals surface area (Å²) in [5, 5.41) is 37.8. The summed E-state index contributed by atoms with van der Waals surface area (Å²) >= 11 is 0. The number of nitrogens with two attached hydrogens (primary N) is 8. The molecule has 8 atom stereocenters. The van der Waals surface area contributed by atoms with Crippen molar-refractivity contribution in [3.05, 3.63) is 30.0 Å². The molecule has 422 valence electrons. The molecule has 2 rings (SSSR count). The Hall–Kier alpha value is -6.83. The number of aliphatic hydroxyl groups is 1. The predicted octanol–water partition coefficient (Wildman–Crippen LogP) is -7.39. The zero-order chi connectivity index (χ0) is 55.9. The van der Waals surface area contributed by atoms with Gasteiger partial charge in [-0.15, -0.1) is 0 Å². The number of amides is 8. The number of nitrogens with zero attached hydrogens (tertiary/aromatic N) is 3. The summed E-state index contributed by atoms with van der Waals surface area (Å²) in [5.41, 5.74) is 45.1. The van der Waals surface area contributed by atoms with Crippen molar-refractivity contribution in [1.29, 1.82) is 0 Å². The van der Waals surface area contributed by atoms with Crippen LogP contribution in [0.4, 0.5) is 0 Å². The highest BCUT2D eigenvalue weighted by atomic mass is 16.4. The predicted molar refractivity (Wildman–Crippen MR) is 274 cm³/mol. The van der Waals surface area contributed by atoms with Crippen LogP contribution in [0.25, 0.3) is 0 Å². The summed E-state index contributed by atoms with van der Waals surface area (Å²) in [4.78, 5) is 133. The molecule has 0 bridgehead atoms. The number of guanidine groups is 1. The van der Waals surface area contributed by atoms with E-state index < -0.39 is 120 Å². The van der Waals surface area contributed by atoms with Crippen LogP contribution in [0.2, 0.25) is 0 Å². The third kappa shape index (κ3) is 23.5. The lowest BCUT2D eigenvalue weighted by Gasteiger charge is -2.30. The number of aliphatic hydroxyl groups excluding tert-OH is 1. The number of aromatic amines is 1. The average molecular weight is 1060 g/mol. The molecule has 75 heavy (non-hydrogen) atoms. The number of unbranched alkanes of at least 4 members (excludes halogenated alkanes) is 2. The van der Waals surface area contributed by atoms with Crippen LogP contribution in [0.5, 0.6) is 0 Å². The first-order valence-corrected chi connectivity index (χ1v) is 25.1. The van der Waals surface area contributed by atoms with Crippen molar-refractivity contribution in [3.63, 3.8) is 0 Å². The molecule has 0 unspecified atom stereocenters. The number of aryl methyl sites for hydroxylation is 1. The molecule has 1 saturated heterocycles. The van der Waals surface area contributed by atoms with Crippen LogP contribution < -0.4 is 83.1 Å². The van der Waals surface area contributed by atoms with Crippen LogP contribution in [-0.2, 0) is 49.6 Å². The van der Waals surface area contributed by atoms with Crippen LogP contribution >= 0.6 is 0 Å². The zero-order valence-electron chi connectivity index (χ0n) is 42.4. The molecule has 8 amide bonds. The summed E-state index contributed by atoms with van der Waals surface area (Å²) in [6, 6.07) is -8.86. The van der Waals surface area contributed by atoms with E-state index in [1.807, 2.05) is 0 Å².